The van der Waals surface area contributed by atoms with Gasteiger partial charge < -0.3 is 0 Å². The molecule has 0 saturated heterocycles. The van der Waals surface area contributed by atoms with Gasteiger partial charge in [-0.3, -0.25) is 9.59 Å². The summed E-state index contributed by atoms with van der Waals surface area (Å²) in [4.78, 5) is 24.8. The average Bonchev–Trinajstić information content (AvgIpc) is 2.84. The minimum Gasteiger partial charge on any atom is -0.299 e. The molecule has 0 N–H and O–H groups in total. The molecule has 4 aliphatic carbocycles. The molecule has 24 heavy (non-hydrogen) atoms. The average molecular weight is 326 g/mol. The van der Waals surface area contributed by atoms with E-state index in [0.29, 0.717) is 41.7 Å². The number of Topliss-reactive ketones (excluding diaryl/α,β-unsaturated/α-hetero) is 1. The molecular formula is C22H30O2. The lowest BCUT2D eigenvalue weighted by molar-refractivity contribution is -0.132. The molecule has 0 aromatic carbocycles. The van der Waals surface area contributed by atoms with E-state index in [0.717, 1.165) is 32.1 Å². The molecule has 0 amide bonds. The Balaban J connectivity index is 1.82. The highest BCUT2D eigenvalue weighted by molar-refractivity contribution is 5.93. The number of carbonyl (C=O) groups excluding carboxylic acids is 2. The van der Waals surface area contributed by atoms with Crippen LogP contribution in [0.4, 0.5) is 0 Å². The first-order valence-electron chi connectivity index (χ1n) is 9.76. The van der Waals surface area contributed by atoms with Crippen LogP contribution in [-0.2, 0) is 9.59 Å². The minimum absolute atomic E-state index is 0.0781. The van der Waals surface area contributed by atoms with Gasteiger partial charge in [0, 0.05) is 18.3 Å². The van der Waals surface area contributed by atoms with E-state index in [-0.39, 0.29) is 10.8 Å². The minimum atomic E-state index is -0.0781. The predicted octanol–water partition coefficient (Wildman–Crippen LogP) is 4.89. The summed E-state index contributed by atoms with van der Waals surface area (Å²) in [5, 5.41) is 0. The number of hydrogen-bond acceptors (Lipinski definition) is 2. The summed E-state index contributed by atoms with van der Waals surface area (Å²) in [6.07, 6.45) is 9.99. The fourth-order valence-corrected chi connectivity index (χ4v) is 6.88. The number of ketones is 2. The Morgan fingerprint density at radius 3 is 2.58 bits per heavy atom. The second-order valence-electron chi connectivity index (χ2n) is 9.23. The largest absolute Gasteiger partial charge is 0.299 e. The van der Waals surface area contributed by atoms with Gasteiger partial charge in [0.2, 0.25) is 0 Å². The van der Waals surface area contributed by atoms with Crippen LogP contribution in [0.1, 0.15) is 66.2 Å². The van der Waals surface area contributed by atoms with Crippen LogP contribution in [0.2, 0.25) is 0 Å². The molecule has 0 spiro atoms. The SMILES string of the molecule is C/C=C1\C[C@@H]2[C@H](CC[C@]3(C)C(=O)CC[C@@H]23)[C@]2(C)C1=CC(=O)C[C@H]2C. The standard InChI is InChI=1S/C22H30O2/c1-5-14-11-16-17-6-7-20(24)21(17,3)9-8-18(16)22(4)13(2)10-15(23)12-19(14)22/h5,12-13,16-18H,6-11H2,1-4H3/b14-5+/t13-,16+,17+,18+,21+,22-/m1/s1. The number of allylic oxidation sites excluding steroid dienone is 3. The molecule has 0 aliphatic heterocycles. The van der Waals surface area contributed by atoms with Gasteiger partial charge in [0.15, 0.2) is 5.78 Å². The normalized spacial score (nSPS) is 49.5. The van der Waals surface area contributed by atoms with E-state index in [1.807, 2.05) is 6.08 Å². The molecule has 0 aromatic rings. The third-order valence-corrected chi connectivity index (χ3v) is 8.48. The summed E-state index contributed by atoms with van der Waals surface area (Å²) in [5.74, 6) is 2.98. The summed E-state index contributed by atoms with van der Waals surface area (Å²) >= 11 is 0. The maximum atomic E-state index is 12.6. The van der Waals surface area contributed by atoms with Gasteiger partial charge in [-0.05, 0) is 78.9 Å². The van der Waals surface area contributed by atoms with Gasteiger partial charge >= 0.3 is 0 Å². The zero-order chi connectivity index (χ0) is 17.3. The van der Waals surface area contributed by atoms with Gasteiger partial charge in [-0.1, -0.05) is 26.8 Å². The Hall–Kier alpha value is -1.18. The highest BCUT2D eigenvalue weighted by atomic mass is 16.1. The Morgan fingerprint density at radius 2 is 1.88 bits per heavy atom. The Bertz CT molecular complexity index is 669. The fourth-order valence-electron chi connectivity index (χ4n) is 6.88. The Kier molecular flexibility index (Phi) is 3.50. The van der Waals surface area contributed by atoms with Gasteiger partial charge in [0.25, 0.3) is 0 Å². The molecule has 6 atom stereocenters. The Labute approximate surface area is 145 Å². The number of carbonyl (C=O) groups is 2. The third kappa shape index (κ3) is 1.89. The summed E-state index contributed by atoms with van der Waals surface area (Å²) in [7, 11) is 0. The van der Waals surface area contributed by atoms with Crippen molar-refractivity contribution in [1.82, 2.24) is 0 Å². The van der Waals surface area contributed by atoms with Crippen LogP contribution in [0, 0.1) is 34.5 Å². The van der Waals surface area contributed by atoms with Crippen molar-refractivity contribution in [3.8, 4) is 0 Å². The molecular weight excluding hydrogens is 296 g/mol. The summed E-state index contributed by atoms with van der Waals surface area (Å²) in [6, 6.07) is 0. The molecule has 0 bridgehead atoms. The van der Waals surface area contributed by atoms with Gasteiger partial charge in [-0.25, -0.2) is 0 Å². The molecule has 4 rings (SSSR count). The van der Waals surface area contributed by atoms with Gasteiger partial charge in [0.05, 0.1) is 0 Å². The van der Waals surface area contributed by atoms with Crippen molar-refractivity contribution in [2.45, 2.75) is 66.2 Å². The van der Waals surface area contributed by atoms with Crippen LogP contribution >= 0.6 is 0 Å². The molecule has 0 unspecified atom stereocenters. The fraction of sp³-hybridized carbons (Fsp3) is 0.727. The quantitative estimate of drug-likeness (QED) is 0.635. The second-order valence-corrected chi connectivity index (χ2v) is 9.23. The van der Waals surface area contributed by atoms with Gasteiger partial charge in [-0.15, -0.1) is 0 Å². The first-order chi connectivity index (χ1) is 11.3. The van der Waals surface area contributed by atoms with E-state index in [9.17, 15) is 9.59 Å². The number of fused-ring (bicyclic) bond motifs is 5. The molecule has 2 nitrogen and oxygen atoms in total. The molecule has 4 aliphatic rings. The van der Waals surface area contributed by atoms with E-state index in [2.05, 4.69) is 33.8 Å². The van der Waals surface area contributed by atoms with Crippen molar-refractivity contribution >= 4 is 11.6 Å². The van der Waals surface area contributed by atoms with Crippen LogP contribution in [-0.4, -0.2) is 11.6 Å². The van der Waals surface area contributed by atoms with E-state index in [4.69, 9.17) is 0 Å². The summed E-state index contributed by atoms with van der Waals surface area (Å²) in [6.45, 7) is 9.03. The van der Waals surface area contributed by atoms with Crippen molar-refractivity contribution < 1.29 is 9.59 Å². The van der Waals surface area contributed by atoms with E-state index in [1.165, 1.54) is 11.1 Å². The highest BCUT2D eigenvalue weighted by Gasteiger charge is 2.61. The summed E-state index contributed by atoms with van der Waals surface area (Å²) in [5.41, 5.74) is 2.72. The molecule has 0 aromatic heterocycles. The maximum Gasteiger partial charge on any atom is 0.156 e. The van der Waals surface area contributed by atoms with Crippen molar-refractivity contribution in [2.24, 2.45) is 34.5 Å². The second kappa shape index (κ2) is 5.16. The van der Waals surface area contributed by atoms with E-state index >= 15 is 0 Å². The van der Waals surface area contributed by atoms with Crippen LogP contribution < -0.4 is 0 Å². The molecule has 3 saturated carbocycles. The van der Waals surface area contributed by atoms with Crippen LogP contribution in [0.3, 0.4) is 0 Å². The lowest BCUT2D eigenvalue weighted by Gasteiger charge is -2.59. The summed E-state index contributed by atoms with van der Waals surface area (Å²) < 4.78 is 0. The topological polar surface area (TPSA) is 34.1 Å². The van der Waals surface area contributed by atoms with Crippen LogP contribution in [0.15, 0.2) is 23.3 Å². The zero-order valence-corrected chi connectivity index (χ0v) is 15.5. The number of hydrogen-bond donors (Lipinski definition) is 0. The first kappa shape index (κ1) is 16.3. The number of rotatable bonds is 0. The lowest BCUT2D eigenvalue weighted by Crippen LogP contribution is -2.53. The molecule has 0 radical (unpaired) electrons. The monoisotopic (exact) mass is 326 g/mol. The van der Waals surface area contributed by atoms with Crippen molar-refractivity contribution in [1.29, 1.82) is 0 Å². The van der Waals surface area contributed by atoms with Crippen molar-refractivity contribution in [3.05, 3.63) is 23.3 Å². The van der Waals surface area contributed by atoms with E-state index in [1.54, 1.807) is 0 Å². The van der Waals surface area contributed by atoms with Crippen molar-refractivity contribution in [3.63, 3.8) is 0 Å². The maximum absolute atomic E-state index is 12.6. The molecule has 2 heteroatoms. The third-order valence-electron chi connectivity index (χ3n) is 8.48. The smallest absolute Gasteiger partial charge is 0.156 e. The molecule has 3 fully saturated rings. The van der Waals surface area contributed by atoms with Crippen LogP contribution in [0.5, 0.6) is 0 Å². The predicted molar refractivity (Wildman–Crippen MR) is 95.4 cm³/mol. The van der Waals surface area contributed by atoms with Gasteiger partial charge in [0.1, 0.15) is 5.78 Å². The zero-order valence-electron chi connectivity index (χ0n) is 15.5. The van der Waals surface area contributed by atoms with Crippen LogP contribution in [0.25, 0.3) is 0 Å². The molecule has 130 valence electrons. The lowest BCUT2D eigenvalue weighted by atomic mass is 9.44. The van der Waals surface area contributed by atoms with Gasteiger partial charge in [-0.2, -0.15) is 0 Å². The highest BCUT2D eigenvalue weighted by Crippen LogP contribution is 2.66. The Morgan fingerprint density at radius 1 is 1.12 bits per heavy atom. The van der Waals surface area contributed by atoms with E-state index < -0.39 is 0 Å². The first-order valence-corrected chi connectivity index (χ1v) is 9.76. The molecule has 0 heterocycles. The van der Waals surface area contributed by atoms with Crippen molar-refractivity contribution in [2.75, 3.05) is 0 Å².